The van der Waals surface area contributed by atoms with Gasteiger partial charge in [0.25, 0.3) is 5.91 Å². The molecule has 0 heterocycles. The number of rotatable bonds is 4. The molecule has 3 N–H and O–H groups in total. The zero-order valence-electron chi connectivity index (χ0n) is 9.80. The van der Waals surface area contributed by atoms with Crippen molar-refractivity contribution in [2.24, 2.45) is 5.73 Å². The topological polar surface area (TPSA) is 64.3 Å². The molecule has 4 nitrogen and oxygen atoms in total. The van der Waals surface area contributed by atoms with Crippen molar-refractivity contribution in [1.29, 1.82) is 0 Å². The molecule has 0 fully saturated rings. The van der Waals surface area contributed by atoms with E-state index in [0.29, 0.717) is 11.3 Å². The van der Waals surface area contributed by atoms with Crippen LogP contribution < -0.4 is 15.8 Å². The maximum Gasteiger partial charge on any atom is 0.255 e. The van der Waals surface area contributed by atoms with Crippen molar-refractivity contribution in [3.8, 4) is 5.75 Å². The summed E-state index contributed by atoms with van der Waals surface area (Å²) in [6, 6.07) is 16.2. The summed E-state index contributed by atoms with van der Waals surface area (Å²) in [5, 5.41) is 2.80. The summed E-state index contributed by atoms with van der Waals surface area (Å²) >= 11 is 0. The maximum absolute atomic E-state index is 12.0. The van der Waals surface area contributed by atoms with Gasteiger partial charge in [-0.2, -0.15) is 0 Å². The van der Waals surface area contributed by atoms with E-state index >= 15 is 0 Å². The first-order valence-electron chi connectivity index (χ1n) is 5.59. The fourth-order valence-electron chi connectivity index (χ4n) is 1.55. The van der Waals surface area contributed by atoms with Gasteiger partial charge in [0.1, 0.15) is 12.5 Å². The number of hydrogen-bond acceptors (Lipinski definition) is 3. The summed E-state index contributed by atoms with van der Waals surface area (Å²) in [5.74, 6) is 0.405. The van der Waals surface area contributed by atoms with Gasteiger partial charge < -0.3 is 10.1 Å². The third-order valence-electron chi connectivity index (χ3n) is 2.38. The highest BCUT2D eigenvalue weighted by Crippen LogP contribution is 2.14. The Hall–Kier alpha value is -2.33. The highest BCUT2D eigenvalue weighted by Gasteiger charge is 2.06. The second-order valence-electron chi connectivity index (χ2n) is 3.66. The fourth-order valence-corrected chi connectivity index (χ4v) is 1.55. The van der Waals surface area contributed by atoms with E-state index in [-0.39, 0.29) is 12.6 Å². The molecule has 2 aromatic carbocycles. The monoisotopic (exact) mass is 242 g/mol. The molecule has 0 saturated heterocycles. The van der Waals surface area contributed by atoms with Gasteiger partial charge in [-0.3, -0.25) is 10.5 Å². The average molecular weight is 242 g/mol. The summed E-state index contributed by atoms with van der Waals surface area (Å²) < 4.78 is 5.14. The van der Waals surface area contributed by atoms with Crippen molar-refractivity contribution >= 4 is 11.6 Å². The van der Waals surface area contributed by atoms with Gasteiger partial charge in [0.15, 0.2) is 0 Å². The molecule has 0 unspecified atom stereocenters. The Morgan fingerprint density at radius 3 is 2.61 bits per heavy atom. The van der Waals surface area contributed by atoms with Crippen molar-refractivity contribution in [2.75, 3.05) is 12.0 Å². The summed E-state index contributed by atoms with van der Waals surface area (Å²) in [6.45, 7) is 0.0871. The highest BCUT2D eigenvalue weighted by atomic mass is 16.5. The first kappa shape index (κ1) is 12.1. The number of ether oxygens (including phenoxy) is 1. The minimum absolute atomic E-state index is 0.0871. The zero-order chi connectivity index (χ0) is 12.8. The van der Waals surface area contributed by atoms with E-state index in [4.69, 9.17) is 10.5 Å². The van der Waals surface area contributed by atoms with Crippen LogP contribution in [0.25, 0.3) is 0 Å². The van der Waals surface area contributed by atoms with Crippen molar-refractivity contribution in [1.82, 2.24) is 0 Å². The molecule has 2 aromatic rings. The van der Waals surface area contributed by atoms with Crippen LogP contribution in [0.1, 0.15) is 10.4 Å². The number of anilines is 1. The molecule has 0 radical (unpaired) electrons. The lowest BCUT2D eigenvalue weighted by Crippen LogP contribution is -2.12. The standard InChI is InChI=1S/C14H14N2O2/c15-10-18-13-8-4-5-11(9-13)14(17)16-12-6-2-1-3-7-12/h1-9H,10,15H2,(H,16,17). The normalized spacial score (nSPS) is 9.83. The van der Waals surface area contributed by atoms with E-state index in [1.165, 1.54) is 0 Å². The van der Waals surface area contributed by atoms with Gasteiger partial charge in [0.05, 0.1) is 0 Å². The number of benzene rings is 2. The Morgan fingerprint density at radius 2 is 1.89 bits per heavy atom. The van der Waals surface area contributed by atoms with Crippen molar-refractivity contribution in [2.45, 2.75) is 0 Å². The van der Waals surface area contributed by atoms with Crippen LogP contribution in [0.4, 0.5) is 5.69 Å². The van der Waals surface area contributed by atoms with Crippen molar-refractivity contribution in [3.05, 3.63) is 60.2 Å². The molecule has 0 spiro atoms. The Balaban J connectivity index is 2.11. The molecule has 0 atom stereocenters. The lowest BCUT2D eigenvalue weighted by atomic mass is 10.2. The minimum Gasteiger partial charge on any atom is -0.479 e. The second kappa shape index (κ2) is 5.84. The SMILES string of the molecule is NCOc1cccc(C(=O)Nc2ccccc2)c1. The number of nitrogens with two attached hydrogens (primary N) is 1. The van der Waals surface area contributed by atoms with Crippen LogP contribution in [0.15, 0.2) is 54.6 Å². The molecular weight excluding hydrogens is 228 g/mol. The first-order chi connectivity index (χ1) is 8.79. The second-order valence-corrected chi connectivity index (χ2v) is 3.66. The highest BCUT2D eigenvalue weighted by molar-refractivity contribution is 6.04. The van der Waals surface area contributed by atoms with Crippen LogP contribution in [0.2, 0.25) is 0 Å². The molecule has 2 rings (SSSR count). The quantitative estimate of drug-likeness (QED) is 0.808. The van der Waals surface area contributed by atoms with E-state index in [1.807, 2.05) is 30.3 Å². The predicted molar refractivity (Wildman–Crippen MR) is 70.5 cm³/mol. The number of hydrogen-bond donors (Lipinski definition) is 2. The van der Waals surface area contributed by atoms with E-state index in [0.717, 1.165) is 5.69 Å². The molecule has 4 heteroatoms. The van der Waals surface area contributed by atoms with E-state index in [2.05, 4.69) is 5.32 Å². The molecule has 0 aliphatic heterocycles. The van der Waals surface area contributed by atoms with Crippen molar-refractivity contribution in [3.63, 3.8) is 0 Å². The van der Waals surface area contributed by atoms with Crippen LogP contribution in [-0.2, 0) is 0 Å². The smallest absolute Gasteiger partial charge is 0.255 e. The summed E-state index contributed by atoms with van der Waals surface area (Å²) in [7, 11) is 0. The summed E-state index contributed by atoms with van der Waals surface area (Å²) in [6.07, 6.45) is 0. The van der Waals surface area contributed by atoms with Gasteiger partial charge >= 0.3 is 0 Å². The number of nitrogens with one attached hydrogen (secondary N) is 1. The lowest BCUT2D eigenvalue weighted by Gasteiger charge is -2.07. The Bertz CT molecular complexity index is 526. The van der Waals surface area contributed by atoms with Gasteiger partial charge in [-0.05, 0) is 30.3 Å². The maximum atomic E-state index is 12.0. The van der Waals surface area contributed by atoms with Crippen LogP contribution in [0.3, 0.4) is 0 Å². The molecular formula is C14H14N2O2. The molecule has 0 aliphatic rings. The van der Waals surface area contributed by atoms with Gasteiger partial charge in [0, 0.05) is 11.3 Å². The Morgan fingerprint density at radius 1 is 1.11 bits per heavy atom. The third kappa shape index (κ3) is 3.09. The molecule has 0 aromatic heterocycles. The molecule has 0 aliphatic carbocycles. The average Bonchev–Trinajstić information content (AvgIpc) is 2.40. The zero-order valence-corrected chi connectivity index (χ0v) is 9.80. The number of para-hydroxylation sites is 1. The Kier molecular flexibility index (Phi) is 3.94. The molecule has 1 amide bonds. The Labute approximate surface area is 105 Å². The van der Waals surface area contributed by atoms with Crippen molar-refractivity contribution < 1.29 is 9.53 Å². The van der Waals surface area contributed by atoms with E-state index < -0.39 is 0 Å². The van der Waals surface area contributed by atoms with Crippen LogP contribution in [-0.4, -0.2) is 12.6 Å². The van der Waals surface area contributed by atoms with E-state index in [9.17, 15) is 4.79 Å². The molecule has 0 saturated carbocycles. The van der Waals surface area contributed by atoms with Crippen LogP contribution >= 0.6 is 0 Å². The number of amides is 1. The molecule has 18 heavy (non-hydrogen) atoms. The van der Waals surface area contributed by atoms with Gasteiger partial charge in [0.2, 0.25) is 0 Å². The van der Waals surface area contributed by atoms with Crippen LogP contribution in [0, 0.1) is 0 Å². The minimum atomic E-state index is -0.177. The number of carbonyl (C=O) groups excluding carboxylic acids is 1. The van der Waals surface area contributed by atoms with Gasteiger partial charge in [-0.25, -0.2) is 0 Å². The first-order valence-corrected chi connectivity index (χ1v) is 5.59. The molecule has 0 bridgehead atoms. The summed E-state index contributed by atoms with van der Waals surface area (Å²) in [4.78, 5) is 12.0. The van der Waals surface area contributed by atoms with E-state index in [1.54, 1.807) is 24.3 Å². The number of carbonyl (C=O) groups is 1. The largest absolute Gasteiger partial charge is 0.479 e. The summed E-state index contributed by atoms with van der Waals surface area (Å²) in [5.41, 5.74) is 6.58. The van der Waals surface area contributed by atoms with Gasteiger partial charge in [-0.1, -0.05) is 24.3 Å². The fraction of sp³-hybridized carbons (Fsp3) is 0.0714. The van der Waals surface area contributed by atoms with Gasteiger partial charge in [-0.15, -0.1) is 0 Å². The lowest BCUT2D eigenvalue weighted by molar-refractivity contribution is 0.102. The molecule has 92 valence electrons. The van der Waals surface area contributed by atoms with Crippen LogP contribution in [0.5, 0.6) is 5.75 Å². The third-order valence-corrected chi connectivity index (χ3v) is 2.38. The predicted octanol–water partition coefficient (Wildman–Crippen LogP) is 2.23.